The number of aromatic nitrogens is 8. The monoisotopic (exact) mass is 752 g/mol. The molecule has 0 saturated carbocycles. The molecule has 0 aliphatic carbocycles. The van der Waals surface area contributed by atoms with Crippen molar-refractivity contribution in [2.45, 2.75) is 93.3 Å². The third-order valence-electron chi connectivity index (χ3n) is 5.91. The summed E-state index contributed by atoms with van der Waals surface area (Å²) >= 11 is 0. The lowest BCUT2D eigenvalue weighted by Crippen LogP contribution is -2.36. The largest absolute Gasteiger partial charge is 0.227 e. The predicted octanol–water partition coefficient (Wildman–Crippen LogP) is 10.1. The number of aryl methyl sites for hydroxylation is 8. The Morgan fingerprint density at radius 3 is 0.933 bits per heavy atom. The van der Waals surface area contributed by atoms with Gasteiger partial charge in [0.1, 0.15) is 3.41 Å². The smallest absolute Gasteiger partial charge is 0.198 e. The standard InChI is InChI=1S/C29H36N8S8/c1-16-11-17(2)31-24(30-16)39-38-15-28(9,10)29(43-40-25-32-18(3)12-19(4)33-25,44-41-26-34-20(5)13-21(6)35-26)45-42-27-36-22(7)14-23(8)37-27/h11-14H,15H2,1-10H3. The first-order valence-electron chi connectivity index (χ1n) is 13.9. The molecular formula is C29H36N8S8. The second-order valence-corrected chi connectivity index (χ2v) is 21.0. The summed E-state index contributed by atoms with van der Waals surface area (Å²) in [5.41, 5.74) is 7.40. The van der Waals surface area contributed by atoms with E-state index in [0.29, 0.717) is 0 Å². The predicted molar refractivity (Wildman–Crippen MR) is 201 cm³/mol. The van der Waals surface area contributed by atoms with Gasteiger partial charge in [-0.1, -0.05) is 57.0 Å². The Labute approximate surface area is 298 Å². The third kappa shape index (κ3) is 11.1. The van der Waals surface area contributed by atoms with Gasteiger partial charge in [0.25, 0.3) is 0 Å². The highest BCUT2D eigenvalue weighted by Crippen LogP contribution is 2.69. The van der Waals surface area contributed by atoms with Gasteiger partial charge in [-0.05, 0) is 123 Å². The molecule has 0 N–H and O–H groups in total. The van der Waals surface area contributed by atoms with Crippen molar-refractivity contribution in [2.24, 2.45) is 5.41 Å². The summed E-state index contributed by atoms with van der Waals surface area (Å²) in [5, 5.41) is 3.00. The lowest BCUT2D eigenvalue weighted by molar-refractivity contribution is 0.454. The van der Waals surface area contributed by atoms with Gasteiger partial charge in [0.05, 0.1) is 0 Å². The molecule has 0 atom stereocenters. The van der Waals surface area contributed by atoms with Crippen molar-refractivity contribution in [1.82, 2.24) is 39.9 Å². The van der Waals surface area contributed by atoms with E-state index in [1.807, 2.05) is 79.7 Å². The molecule has 8 nitrogen and oxygen atoms in total. The summed E-state index contributed by atoms with van der Waals surface area (Å²) in [6, 6.07) is 8.00. The Kier molecular flexibility index (Phi) is 13.5. The average molecular weight is 753 g/mol. The molecule has 0 aliphatic heterocycles. The van der Waals surface area contributed by atoms with Crippen molar-refractivity contribution in [1.29, 1.82) is 0 Å². The Balaban J connectivity index is 1.69. The molecule has 0 aromatic carbocycles. The molecule has 4 aromatic rings. The first-order chi connectivity index (χ1) is 21.2. The van der Waals surface area contributed by atoms with Crippen LogP contribution in [-0.4, -0.2) is 49.0 Å². The highest BCUT2D eigenvalue weighted by molar-refractivity contribution is 8.94. The molecule has 0 radical (unpaired) electrons. The number of hydrogen-bond acceptors (Lipinski definition) is 16. The van der Waals surface area contributed by atoms with Gasteiger partial charge in [-0.15, -0.1) is 0 Å². The first kappa shape index (κ1) is 36.9. The molecule has 0 bridgehead atoms. The van der Waals surface area contributed by atoms with Gasteiger partial charge in [0.2, 0.25) is 0 Å². The fourth-order valence-electron chi connectivity index (χ4n) is 3.90. The van der Waals surface area contributed by atoms with Crippen LogP contribution in [0.2, 0.25) is 0 Å². The molecule has 16 heteroatoms. The fourth-order valence-corrected chi connectivity index (χ4v) is 18.9. The SMILES string of the molecule is Cc1cc(C)nc(SSCC(C)(C)C(SSc2nc(C)cc(C)n2)(SSc2nc(C)cc(C)n2)SSc2nc(C)cc(C)n2)n1. The van der Waals surface area contributed by atoms with Crippen molar-refractivity contribution >= 4 is 86.4 Å². The van der Waals surface area contributed by atoms with E-state index in [1.54, 1.807) is 86.4 Å². The van der Waals surface area contributed by atoms with Crippen molar-refractivity contribution in [3.05, 3.63) is 69.8 Å². The van der Waals surface area contributed by atoms with Crippen LogP contribution in [0.3, 0.4) is 0 Å². The molecule has 0 unspecified atom stereocenters. The van der Waals surface area contributed by atoms with Crippen LogP contribution in [0.15, 0.2) is 44.9 Å². The van der Waals surface area contributed by atoms with E-state index in [-0.39, 0.29) is 5.41 Å². The maximum absolute atomic E-state index is 4.74. The van der Waals surface area contributed by atoms with Crippen LogP contribution in [-0.2, 0) is 0 Å². The van der Waals surface area contributed by atoms with Crippen molar-refractivity contribution in [2.75, 3.05) is 5.75 Å². The average Bonchev–Trinajstić information content (AvgIpc) is 2.90. The zero-order valence-electron chi connectivity index (χ0n) is 26.9. The second-order valence-electron chi connectivity index (χ2n) is 11.0. The van der Waals surface area contributed by atoms with Gasteiger partial charge in [-0.2, -0.15) is 0 Å². The third-order valence-corrected chi connectivity index (χ3v) is 19.7. The minimum atomic E-state index is -0.465. The van der Waals surface area contributed by atoms with Crippen LogP contribution >= 0.6 is 86.4 Å². The van der Waals surface area contributed by atoms with Gasteiger partial charge < -0.3 is 0 Å². The summed E-state index contributed by atoms with van der Waals surface area (Å²) in [5.74, 6) is 0.817. The van der Waals surface area contributed by atoms with Crippen molar-refractivity contribution in [3.8, 4) is 0 Å². The topological polar surface area (TPSA) is 103 Å². The molecule has 4 aromatic heterocycles. The van der Waals surface area contributed by atoms with Crippen LogP contribution in [0.5, 0.6) is 0 Å². The Morgan fingerprint density at radius 2 is 0.667 bits per heavy atom. The maximum Gasteiger partial charge on any atom is 0.198 e. The van der Waals surface area contributed by atoms with E-state index in [0.717, 1.165) is 71.9 Å². The lowest BCUT2D eigenvalue weighted by Gasteiger charge is -2.43. The Bertz CT molecular complexity index is 1420. The first-order valence-corrected chi connectivity index (χ1v) is 22.6. The molecular weight excluding hydrogens is 717 g/mol. The van der Waals surface area contributed by atoms with E-state index in [9.17, 15) is 0 Å². The highest BCUT2D eigenvalue weighted by atomic mass is 33.2. The van der Waals surface area contributed by atoms with Crippen LogP contribution in [0, 0.1) is 60.8 Å². The summed E-state index contributed by atoms with van der Waals surface area (Å²) < 4.78 is -0.465. The molecule has 45 heavy (non-hydrogen) atoms. The van der Waals surface area contributed by atoms with Crippen LogP contribution in [0.25, 0.3) is 0 Å². The summed E-state index contributed by atoms with van der Waals surface area (Å²) in [6.45, 7) is 20.7. The molecule has 4 heterocycles. The number of rotatable bonds is 14. The fraction of sp³-hybridized carbons (Fsp3) is 0.448. The zero-order chi connectivity index (χ0) is 32.8. The molecule has 0 spiro atoms. The van der Waals surface area contributed by atoms with Crippen molar-refractivity contribution < 1.29 is 0 Å². The van der Waals surface area contributed by atoms with E-state index >= 15 is 0 Å². The maximum atomic E-state index is 4.74. The molecule has 240 valence electrons. The van der Waals surface area contributed by atoms with E-state index in [1.165, 1.54) is 0 Å². The van der Waals surface area contributed by atoms with E-state index < -0.39 is 3.41 Å². The van der Waals surface area contributed by atoms with Gasteiger partial charge >= 0.3 is 0 Å². The van der Waals surface area contributed by atoms with Gasteiger partial charge in [-0.3, -0.25) is 0 Å². The quantitative estimate of drug-likeness (QED) is 0.0693. The molecule has 0 saturated heterocycles. The minimum Gasteiger partial charge on any atom is -0.227 e. The van der Waals surface area contributed by atoms with Crippen LogP contribution < -0.4 is 0 Å². The minimum absolute atomic E-state index is 0.257. The molecule has 0 fully saturated rings. The molecule has 0 aliphatic rings. The van der Waals surface area contributed by atoms with Crippen LogP contribution in [0.4, 0.5) is 0 Å². The van der Waals surface area contributed by atoms with E-state index in [2.05, 4.69) is 23.8 Å². The van der Waals surface area contributed by atoms with Gasteiger partial charge in [-0.25, -0.2) is 39.9 Å². The van der Waals surface area contributed by atoms with Gasteiger partial charge in [0.15, 0.2) is 20.6 Å². The highest BCUT2D eigenvalue weighted by Gasteiger charge is 2.49. The second kappa shape index (κ2) is 16.5. The lowest BCUT2D eigenvalue weighted by atomic mass is 9.99. The molecule has 4 rings (SSSR count). The number of nitrogens with zero attached hydrogens (tertiary/aromatic N) is 8. The summed E-state index contributed by atoms with van der Waals surface area (Å²) in [7, 11) is 13.5. The zero-order valence-corrected chi connectivity index (χ0v) is 33.4. The normalized spacial score (nSPS) is 12.1. The van der Waals surface area contributed by atoms with Crippen LogP contribution in [0.1, 0.15) is 59.4 Å². The van der Waals surface area contributed by atoms with E-state index in [4.69, 9.17) is 29.9 Å². The summed E-state index contributed by atoms with van der Waals surface area (Å²) in [4.78, 5) is 37.8. The summed E-state index contributed by atoms with van der Waals surface area (Å²) in [6.07, 6.45) is 0. The Morgan fingerprint density at radius 1 is 0.422 bits per heavy atom. The van der Waals surface area contributed by atoms with Crippen molar-refractivity contribution in [3.63, 3.8) is 0 Å². The van der Waals surface area contributed by atoms with Gasteiger partial charge in [0, 0.05) is 56.7 Å². The molecule has 0 amide bonds. The Hall–Kier alpha value is -0.880. The number of hydrogen-bond donors (Lipinski definition) is 0.